The summed E-state index contributed by atoms with van der Waals surface area (Å²) in [6, 6.07) is 11.2. The van der Waals surface area contributed by atoms with Crippen molar-refractivity contribution in [3.8, 4) is 0 Å². The number of amides is 1. The van der Waals surface area contributed by atoms with E-state index in [2.05, 4.69) is 70.1 Å². The van der Waals surface area contributed by atoms with E-state index in [-0.39, 0.29) is 29.9 Å². The molecule has 1 atom stereocenters. The van der Waals surface area contributed by atoms with E-state index in [0.29, 0.717) is 19.0 Å². The first-order valence-electron chi connectivity index (χ1n) is 11.3. The van der Waals surface area contributed by atoms with Crippen molar-refractivity contribution in [3.05, 3.63) is 51.7 Å². The van der Waals surface area contributed by atoms with Crippen LogP contribution in [-0.4, -0.2) is 55.5 Å². The first-order valence-corrected chi connectivity index (χ1v) is 12.2. The van der Waals surface area contributed by atoms with Crippen molar-refractivity contribution in [2.45, 2.75) is 45.7 Å². The van der Waals surface area contributed by atoms with E-state index in [1.165, 1.54) is 21.7 Å². The molecule has 1 saturated heterocycles. The van der Waals surface area contributed by atoms with E-state index >= 15 is 0 Å². The van der Waals surface area contributed by atoms with Crippen LogP contribution in [0.1, 0.15) is 35.8 Å². The standard InChI is InChI=1S/C24H33N5OS.HI/c1-3-25-24(27-20-9-13-28(17-20)21-6-4-18(2)5-7-21)26-12-8-23(30)29-14-10-22-19(16-29)11-15-31-22;/h4-7,11,15,20H,3,8-10,12-14,16-17H2,1-2H3,(H2,25,26,27);1H. The highest BCUT2D eigenvalue weighted by molar-refractivity contribution is 14.0. The lowest BCUT2D eigenvalue weighted by Crippen LogP contribution is -2.44. The van der Waals surface area contributed by atoms with E-state index in [1.54, 1.807) is 11.3 Å². The molecule has 1 aromatic heterocycles. The van der Waals surface area contributed by atoms with Crippen LogP contribution >= 0.6 is 35.3 Å². The Bertz CT molecular complexity index is 913. The summed E-state index contributed by atoms with van der Waals surface area (Å²) in [6.07, 6.45) is 2.51. The second-order valence-corrected chi connectivity index (χ2v) is 9.36. The number of fused-ring (bicyclic) bond motifs is 1. The van der Waals surface area contributed by atoms with Gasteiger partial charge in [-0.25, -0.2) is 0 Å². The van der Waals surface area contributed by atoms with E-state index in [9.17, 15) is 4.79 Å². The van der Waals surface area contributed by atoms with E-state index in [0.717, 1.165) is 51.5 Å². The van der Waals surface area contributed by atoms with Crippen LogP contribution in [0.5, 0.6) is 0 Å². The first kappa shape index (κ1) is 24.8. The van der Waals surface area contributed by atoms with Crippen LogP contribution in [0.4, 0.5) is 5.69 Å². The van der Waals surface area contributed by atoms with Crippen LogP contribution in [0.3, 0.4) is 0 Å². The van der Waals surface area contributed by atoms with Gasteiger partial charge in [-0.05, 0) is 55.8 Å². The van der Waals surface area contributed by atoms with Crippen LogP contribution < -0.4 is 15.5 Å². The molecule has 3 heterocycles. The predicted molar refractivity (Wildman–Crippen MR) is 144 cm³/mol. The van der Waals surface area contributed by atoms with Gasteiger partial charge in [0.15, 0.2) is 5.96 Å². The summed E-state index contributed by atoms with van der Waals surface area (Å²) in [4.78, 5) is 23.2. The number of rotatable bonds is 6. The number of anilines is 1. The molecule has 1 unspecified atom stereocenters. The molecule has 1 fully saturated rings. The van der Waals surface area contributed by atoms with Crippen LogP contribution in [0, 0.1) is 6.92 Å². The first-order chi connectivity index (χ1) is 15.1. The van der Waals surface area contributed by atoms with Gasteiger partial charge in [-0.1, -0.05) is 17.7 Å². The Morgan fingerprint density at radius 3 is 2.81 bits per heavy atom. The quantitative estimate of drug-likeness (QED) is 0.317. The summed E-state index contributed by atoms with van der Waals surface area (Å²) in [6.45, 7) is 9.08. The van der Waals surface area contributed by atoms with Crippen molar-refractivity contribution in [1.29, 1.82) is 0 Å². The third-order valence-corrected chi connectivity index (χ3v) is 7.05. The molecular formula is C24H34IN5OS. The highest BCUT2D eigenvalue weighted by atomic mass is 127. The Balaban J connectivity index is 0.00000289. The minimum Gasteiger partial charge on any atom is -0.369 e. The number of hydrogen-bond acceptors (Lipinski definition) is 4. The minimum atomic E-state index is 0. The molecule has 32 heavy (non-hydrogen) atoms. The van der Waals surface area contributed by atoms with Gasteiger partial charge in [0.2, 0.25) is 5.91 Å². The largest absolute Gasteiger partial charge is 0.369 e. The maximum absolute atomic E-state index is 12.7. The number of benzene rings is 1. The fraction of sp³-hybridized carbons (Fsp3) is 0.500. The third-order valence-electron chi connectivity index (χ3n) is 6.03. The molecule has 2 aliphatic rings. The van der Waals surface area contributed by atoms with Crippen molar-refractivity contribution >= 4 is 52.9 Å². The van der Waals surface area contributed by atoms with E-state index in [1.807, 2.05) is 4.90 Å². The van der Waals surface area contributed by atoms with Gasteiger partial charge < -0.3 is 20.4 Å². The normalized spacial score (nSPS) is 18.2. The lowest BCUT2D eigenvalue weighted by molar-refractivity contribution is -0.131. The molecule has 0 spiro atoms. The number of thiophene rings is 1. The third kappa shape index (κ3) is 6.37. The smallest absolute Gasteiger partial charge is 0.224 e. The summed E-state index contributed by atoms with van der Waals surface area (Å²) in [7, 11) is 0. The summed E-state index contributed by atoms with van der Waals surface area (Å²) in [5, 5.41) is 9.02. The summed E-state index contributed by atoms with van der Waals surface area (Å²) < 4.78 is 0. The van der Waals surface area contributed by atoms with Crippen LogP contribution in [0.15, 0.2) is 40.7 Å². The van der Waals surface area contributed by atoms with Gasteiger partial charge in [0, 0.05) is 55.8 Å². The molecule has 6 nitrogen and oxygen atoms in total. The second-order valence-electron chi connectivity index (χ2n) is 8.36. The Morgan fingerprint density at radius 1 is 1.22 bits per heavy atom. The SMILES string of the molecule is CCNC(=NCCC(=O)N1CCc2sccc2C1)NC1CCN(c2ccc(C)cc2)C1.I. The molecule has 4 rings (SSSR count). The molecule has 0 bridgehead atoms. The van der Waals surface area contributed by atoms with Crippen molar-refractivity contribution in [3.63, 3.8) is 0 Å². The van der Waals surface area contributed by atoms with Crippen LogP contribution in [0.2, 0.25) is 0 Å². The Morgan fingerprint density at radius 2 is 2.03 bits per heavy atom. The number of carbonyl (C=O) groups is 1. The highest BCUT2D eigenvalue weighted by Crippen LogP contribution is 2.24. The van der Waals surface area contributed by atoms with Crippen molar-refractivity contribution < 1.29 is 4.79 Å². The number of nitrogens with zero attached hydrogens (tertiary/aromatic N) is 3. The van der Waals surface area contributed by atoms with Crippen molar-refractivity contribution in [2.24, 2.45) is 4.99 Å². The molecule has 0 radical (unpaired) electrons. The zero-order chi connectivity index (χ0) is 21.6. The lowest BCUT2D eigenvalue weighted by Gasteiger charge is -2.27. The number of hydrogen-bond donors (Lipinski definition) is 2. The fourth-order valence-corrected chi connectivity index (χ4v) is 5.15. The number of halogens is 1. The Kier molecular flexibility index (Phi) is 9.22. The van der Waals surface area contributed by atoms with Gasteiger partial charge in [-0.3, -0.25) is 9.79 Å². The van der Waals surface area contributed by atoms with Gasteiger partial charge in [-0.2, -0.15) is 0 Å². The van der Waals surface area contributed by atoms with Gasteiger partial charge in [0.05, 0.1) is 6.54 Å². The maximum atomic E-state index is 12.7. The molecule has 2 aromatic rings. The highest BCUT2D eigenvalue weighted by Gasteiger charge is 2.24. The van der Waals surface area contributed by atoms with Crippen LogP contribution in [-0.2, 0) is 17.8 Å². The molecular weight excluding hydrogens is 533 g/mol. The van der Waals surface area contributed by atoms with E-state index in [4.69, 9.17) is 0 Å². The van der Waals surface area contributed by atoms with Crippen LogP contribution in [0.25, 0.3) is 0 Å². The molecule has 0 aliphatic carbocycles. The Labute approximate surface area is 212 Å². The molecule has 2 aliphatic heterocycles. The second kappa shape index (κ2) is 11.9. The Hall–Kier alpha value is -1.81. The molecule has 1 aromatic carbocycles. The predicted octanol–water partition coefficient (Wildman–Crippen LogP) is 3.78. The number of carbonyl (C=O) groups excluding carboxylic acids is 1. The zero-order valence-electron chi connectivity index (χ0n) is 19.0. The zero-order valence-corrected chi connectivity index (χ0v) is 22.1. The van der Waals surface area contributed by atoms with Crippen molar-refractivity contribution in [1.82, 2.24) is 15.5 Å². The average Bonchev–Trinajstić information content (AvgIpc) is 3.43. The summed E-state index contributed by atoms with van der Waals surface area (Å²) in [5.74, 6) is 1.01. The summed E-state index contributed by atoms with van der Waals surface area (Å²) >= 11 is 1.80. The molecule has 1 amide bonds. The van der Waals surface area contributed by atoms with Gasteiger partial charge in [0.1, 0.15) is 0 Å². The minimum absolute atomic E-state index is 0. The number of guanidine groups is 1. The molecule has 174 valence electrons. The number of aryl methyl sites for hydroxylation is 1. The fourth-order valence-electron chi connectivity index (χ4n) is 4.26. The molecule has 2 N–H and O–H groups in total. The summed E-state index contributed by atoms with van der Waals surface area (Å²) in [5.41, 5.74) is 3.87. The lowest BCUT2D eigenvalue weighted by atomic mass is 10.1. The molecule has 8 heteroatoms. The van der Waals surface area contributed by atoms with Gasteiger partial charge >= 0.3 is 0 Å². The number of nitrogens with one attached hydrogen (secondary N) is 2. The van der Waals surface area contributed by atoms with Crippen molar-refractivity contribution in [2.75, 3.05) is 37.6 Å². The maximum Gasteiger partial charge on any atom is 0.224 e. The topological polar surface area (TPSA) is 60.0 Å². The van der Waals surface area contributed by atoms with Gasteiger partial charge in [0.25, 0.3) is 0 Å². The van der Waals surface area contributed by atoms with E-state index < -0.39 is 0 Å². The number of aliphatic imine (C=N–C) groups is 1. The average molecular weight is 568 g/mol. The van der Waals surface area contributed by atoms with Gasteiger partial charge in [-0.15, -0.1) is 35.3 Å². The monoisotopic (exact) mass is 567 g/mol. The molecule has 0 saturated carbocycles.